The number of hydrogen-bond donors (Lipinski definition) is 2. The van der Waals surface area contributed by atoms with Gasteiger partial charge in [-0.15, -0.1) is 0 Å². The van der Waals surface area contributed by atoms with E-state index in [0.717, 1.165) is 44.2 Å². The van der Waals surface area contributed by atoms with Crippen LogP contribution in [0.15, 0.2) is 30.3 Å². The van der Waals surface area contributed by atoms with Gasteiger partial charge in [0.15, 0.2) is 0 Å². The Kier molecular flexibility index (Phi) is 4.19. The molecule has 2 atom stereocenters. The number of aryl methyl sites for hydroxylation is 1. The lowest BCUT2D eigenvalue weighted by atomic mass is 9.90. The van der Waals surface area contributed by atoms with Crippen molar-refractivity contribution in [2.75, 3.05) is 43.4 Å². The molecule has 1 aromatic carbocycles. The number of nitrogens with zero attached hydrogens (tertiary/aromatic N) is 3. The van der Waals surface area contributed by atoms with Gasteiger partial charge < -0.3 is 15.5 Å². The normalized spacial score (nSPS) is 22.7. The molecule has 0 aliphatic carbocycles. The highest BCUT2D eigenvalue weighted by molar-refractivity contribution is 5.56. The number of nitrogens with one attached hydrogen (secondary N) is 2. The Morgan fingerprint density at radius 1 is 1.29 bits per heavy atom. The summed E-state index contributed by atoms with van der Waals surface area (Å²) in [5.74, 6) is 2.38. The van der Waals surface area contributed by atoms with Crippen LogP contribution in [0.25, 0.3) is 0 Å². The third-order valence-corrected chi connectivity index (χ3v) is 5.33. The topological polar surface area (TPSA) is 45.1 Å². The summed E-state index contributed by atoms with van der Waals surface area (Å²) in [5.41, 5.74) is 3.98. The largest absolute Gasteiger partial charge is 0.374 e. The quantitative estimate of drug-likeness (QED) is 0.906. The lowest BCUT2D eigenvalue weighted by Gasteiger charge is -2.34. The summed E-state index contributed by atoms with van der Waals surface area (Å²) in [4.78, 5) is 2.37. The minimum Gasteiger partial charge on any atom is -0.374 e. The van der Waals surface area contributed by atoms with Crippen LogP contribution < -0.4 is 15.5 Å². The summed E-state index contributed by atoms with van der Waals surface area (Å²) in [5, 5.41) is 11.8. The lowest BCUT2D eigenvalue weighted by Crippen LogP contribution is -2.38. The molecule has 0 fully saturated rings. The van der Waals surface area contributed by atoms with Gasteiger partial charge in [-0.05, 0) is 25.0 Å². The SMILES string of the molecule is Cc1cc2n(n1)C[C@@H](CNC[C@@H]1CCN(C)c3ccccc31)CN2. The molecule has 24 heavy (non-hydrogen) atoms. The molecule has 0 saturated carbocycles. The van der Waals surface area contributed by atoms with E-state index in [4.69, 9.17) is 0 Å². The first-order valence-electron chi connectivity index (χ1n) is 9.00. The number of rotatable bonds is 4. The zero-order chi connectivity index (χ0) is 16.5. The molecule has 5 heteroatoms. The zero-order valence-corrected chi connectivity index (χ0v) is 14.6. The Morgan fingerprint density at radius 3 is 3.08 bits per heavy atom. The van der Waals surface area contributed by atoms with Crippen LogP contribution in [0, 0.1) is 12.8 Å². The number of hydrogen-bond acceptors (Lipinski definition) is 4. The highest BCUT2D eigenvalue weighted by Gasteiger charge is 2.23. The fourth-order valence-electron chi connectivity index (χ4n) is 4.00. The van der Waals surface area contributed by atoms with Crippen LogP contribution in [0.5, 0.6) is 0 Å². The van der Waals surface area contributed by atoms with E-state index in [2.05, 4.69) is 69.6 Å². The van der Waals surface area contributed by atoms with E-state index in [0.29, 0.717) is 11.8 Å². The van der Waals surface area contributed by atoms with E-state index in [1.807, 2.05) is 0 Å². The van der Waals surface area contributed by atoms with Crippen molar-refractivity contribution in [1.29, 1.82) is 0 Å². The highest BCUT2D eigenvalue weighted by atomic mass is 15.3. The molecule has 0 spiro atoms. The van der Waals surface area contributed by atoms with Gasteiger partial charge in [0.2, 0.25) is 0 Å². The Bertz CT molecular complexity index is 708. The molecule has 2 aromatic rings. The molecule has 0 amide bonds. The Morgan fingerprint density at radius 2 is 2.17 bits per heavy atom. The number of aromatic nitrogens is 2. The van der Waals surface area contributed by atoms with Gasteiger partial charge >= 0.3 is 0 Å². The van der Waals surface area contributed by atoms with Gasteiger partial charge in [-0.1, -0.05) is 18.2 Å². The summed E-state index contributed by atoms with van der Waals surface area (Å²) in [6.45, 7) is 7.34. The van der Waals surface area contributed by atoms with Crippen LogP contribution in [-0.2, 0) is 6.54 Å². The van der Waals surface area contributed by atoms with Gasteiger partial charge in [0.05, 0.1) is 5.69 Å². The Hall–Kier alpha value is -2.01. The van der Waals surface area contributed by atoms with Gasteiger partial charge in [0.25, 0.3) is 0 Å². The predicted molar refractivity (Wildman–Crippen MR) is 98.9 cm³/mol. The predicted octanol–water partition coefficient (Wildman–Crippen LogP) is 2.45. The molecule has 0 radical (unpaired) electrons. The summed E-state index contributed by atoms with van der Waals surface area (Å²) in [6.07, 6.45) is 1.23. The van der Waals surface area contributed by atoms with Gasteiger partial charge in [-0.2, -0.15) is 5.10 Å². The molecule has 1 aromatic heterocycles. The van der Waals surface area contributed by atoms with Crippen molar-refractivity contribution in [2.45, 2.75) is 25.8 Å². The second-order valence-electron chi connectivity index (χ2n) is 7.22. The minimum absolute atomic E-state index is 0.596. The van der Waals surface area contributed by atoms with Crippen LogP contribution in [0.2, 0.25) is 0 Å². The van der Waals surface area contributed by atoms with Crippen molar-refractivity contribution in [1.82, 2.24) is 15.1 Å². The standard InChI is InChI=1S/C19H27N5/c1-14-9-19-21-11-15(13-24(19)22-14)10-20-12-16-7-8-23(2)18-6-4-3-5-17(16)18/h3-6,9,15-16,20-21H,7-8,10-13H2,1-2H3/t15-,16-/m0/s1. The van der Waals surface area contributed by atoms with Crippen LogP contribution >= 0.6 is 0 Å². The molecule has 2 aliphatic heterocycles. The number of fused-ring (bicyclic) bond motifs is 2. The second-order valence-corrected chi connectivity index (χ2v) is 7.22. The van der Waals surface area contributed by atoms with Crippen LogP contribution in [0.3, 0.4) is 0 Å². The summed E-state index contributed by atoms with van der Waals surface area (Å²) in [6, 6.07) is 11.0. The molecule has 2 aliphatic rings. The number of benzene rings is 1. The van der Waals surface area contributed by atoms with Gasteiger partial charge in [-0.3, -0.25) is 0 Å². The maximum atomic E-state index is 4.56. The third kappa shape index (κ3) is 3.00. The fourth-order valence-corrected chi connectivity index (χ4v) is 4.00. The summed E-state index contributed by atoms with van der Waals surface area (Å²) in [7, 11) is 2.19. The van der Waals surface area contributed by atoms with Crippen molar-refractivity contribution < 1.29 is 0 Å². The van der Waals surface area contributed by atoms with E-state index in [1.165, 1.54) is 17.7 Å². The maximum Gasteiger partial charge on any atom is 0.124 e. The number of para-hydroxylation sites is 1. The van der Waals surface area contributed by atoms with Crippen molar-refractivity contribution >= 4 is 11.5 Å². The molecular weight excluding hydrogens is 298 g/mol. The first-order chi connectivity index (χ1) is 11.7. The molecule has 128 valence electrons. The van der Waals surface area contributed by atoms with E-state index in [9.17, 15) is 0 Å². The Balaban J connectivity index is 1.33. The Labute approximate surface area is 144 Å². The van der Waals surface area contributed by atoms with Crippen LogP contribution in [0.1, 0.15) is 23.6 Å². The van der Waals surface area contributed by atoms with Gasteiger partial charge in [0.1, 0.15) is 5.82 Å². The van der Waals surface area contributed by atoms with Crippen LogP contribution in [0.4, 0.5) is 11.5 Å². The van der Waals surface area contributed by atoms with Crippen molar-refractivity contribution in [3.63, 3.8) is 0 Å². The van der Waals surface area contributed by atoms with Crippen molar-refractivity contribution in [3.8, 4) is 0 Å². The molecule has 5 nitrogen and oxygen atoms in total. The molecule has 0 bridgehead atoms. The molecule has 0 unspecified atom stereocenters. The first kappa shape index (κ1) is 15.5. The minimum atomic E-state index is 0.596. The highest BCUT2D eigenvalue weighted by Crippen LogP contribution is 2.33. The fraction of sp³-hybridized carbons (Fsp3) is 0.526. The average molecular weight is 325 g/mol. The van der Waals surface area contributed by atoms with E-state index >= 15 is 0 Å². The van der Waals surface area contributed by atoms with E-state index in [1.54, 1.807) is 0 Å². The summed E-state index contributed by atoms with van der Waals surface area (Å²) < 4.78 is 2.11. The molecule has 3 heterocycles. The maximum absolute atomic E-state index is 4.56. The first-order valence-corrected chi connectivity index (χ1v) is 9.00. The number of anilines is 2. The molecule has 4 rings (SSSR count). The summed E-state index contributed by atoms with van der Waals surface area (Å²) >= 11 is 0. The van der Waals surface area contributed by atoms with Crippen molar-refractivity contribution in [3.05, 3.63) is 41.6 Å². The molecule has 0 saturated heterocycles. The van der Waals surface area contributed by atoms with E-state index in [-0.39, 0.29) is 0 Å². The van der Waals surface area contributed by atoms with E-state index < -0.39 is 0 Å². The third-order valence-electron chi connectivity index (χ3n) is 5.33. The van der Waals surface area contributed by atoms with Crippen molar-refractivity contribution in [2.24, 2.45) is 5.92 Å². The van der Waals surface area contributed by atoms with Crippen LogP contribution in [-0.4, -0.2) is 43.0 Å². The molecular formula is C19H27N5. The van der Waals surface area contributed by atoms with Gasteiger partial charge in [0, 0.05) is 63.4 Å². The lowest BCUT2D eigenvalue weighted by molar-refractivity contribution is 0.383. The zero-order valence-electron chi connectivity index (χ0n) is 14.6. The molecule has 2 N–H and O–H groups in total. The second kappa shape index (κ2) is 6.48. The monoisotopic (exact) mass is 325 g/mol. The van der Waals surface area contributed by atoms with Gasteiger partial charge in [-0.25, -0.2) is 4.68 Å². The smallest absolute Gasteiger partial charge is 0.124 e. The average Bonchev–Trinajstić information content (AvgIpc) is 2.96.